The van der Waals surface area contributed by atoms with Gasteiger partial charge in [0.25, 0.3) is 11.5 Å². The van der Waals surface area contributed by atoms with Crippen molar-refractivity contribution in [1.82, 2.24) is 25.1 Å². The van der Waals surface area contributed by atoms with Gasteiger partial charge in [0.1, 0.15) is 30.8 Å². The molecule has 55 heavy (non-hydrogen) atoms. The zero-order valence-electron chi connectivity index (χ0n) is 31.0. The molecule has 4 N–H and O–H groups in total. The van der Waals surface area contributed by atoms with Gasteiger partial charge in [-0.1, -0.05) is 84.4 Å². The van der Waals surface area contributed by atoms with E-state index in [-0.39, 0.29) is 49.8 Å². The van der Waals surface area contributed by atoms with Crippen LogP contribution in [0.4, 0.5) is 19.3 Å². The lowest BCUT2D eigenvalue weighted by atomic mass is 9.96. The third-order valence-corrected chi connectivity index (χ3v) is 8.74. The molecule has 0 aliphatic rings. The van der Waals surface area contributed by atoms with E-state index in [4.69, 9.17) is 4.74 Å². The zero-order chi connectivity index (χ0) is 40.0. The molecule has 3 aromatic carbocycles. The number of carbonyl (C=O) groups is 4. The molecule has 1 heterocycles. The fraction of sp³-hybridized carbons (Fsp3) is 0.350. The van der Waals surface area contributed by atoms with Crippen molar-refractivity contribution in [2.45, 2.75) is 71.3 Å². The Labute approximate surface area is 317 Å². The van der Waals surface area contributed by atoms with Crippen molar-refractivity contribution in [3.63, 3.8) is 0 Å². The number of hydrogen-bond donors (Lipinski definition) is 4. The summed E-state index contributed by atoms with van der Waals surface area (Å²) < 4.78 is 37.4. The van der Waals surface area contributed by atoms with Crippen LogP contribution >= 0.6 is 0 Å². The number of ether oxygens (including phenoxy) is 1. The van der Waals surface area contributed by atoms with Crippen LogP contribution in [0.2, 0.25) is 0 Å². The number of halogens is 2. The Morgan fingerprint density at radius 2 is 1.60 bits per heavy atom. The molecular weight excluding hydrogens is 714 g/mol. The number of aliphatic hydroxyl groups excluding tert-OH is 1. The number of rotatable bonds is 18. The summed E-state index contributed by atoms with van der Waals surface area (Å²) in [7, 11) is 0. The minimum absolute atomic E-state index is 0.0349. The smallest absolute Gasteiger partial charge is 0.412 e. The summed E-state index contributed by atoms with van der Waals surface area (Å²) in [5.74, 6) is -7.25. The van der Waals surface area contributed by atoms with Gasteiger partial charge in [0.15, 0.2) is 0 Å². The number of benzene rings is 3. The Bertz CT molecular complexity index is 1970. The van der Waals surface area contributed by atoms with Gasteiger partial charge in [0.05, 0.1) is 12.2 Å². The average molecular weight is 761 g/mol. The summed E-state index contributed by atoms with van der Waals surface area (Å²) in [6.07, 6.45) is -2.70. The lowest BCUT2D eigenvalue weighted by molar-refractivity contribution is -0.167. The number of aromatic nitrogens is 2. The fourth-order valence-electron chi connectivity index (χ4n) is 5.79. The molecule has 15 heteroatoms. The topological polar surface area (TPSA) is 172 Å². The molecule has 2 unspecified atom stereocenters. The molecule has 0 aliphatic heterocycles. The highest BCUT2D eigenvalue weighted by atomic mass is 19.3. The van der Waals surface area contributed by atoms with Crippen molar-refractivity contribution in [3.05, 3.63) is 118 Å². The van der Waals surface area contributed by atoms with Gasteiger partial charge in [-0.3, -0.25) is 29.1 Å². The maximum Gasteiger partial charge on any atom is 0.412 e. The van der Waals surface area contributed by atoms with E-state index in [1.165, 1.54) is 0 Å². The fourth-order valence-corrected chi connectivity index (χ4v) is 5.79. The molecule has 0 radical (unpaired) electrons. The third kappa shape index (κ3) is 11.8. The lowest BCUT2D eigenvalue weighted by Crippen LogP contribution is -2.58. The SMILES string of the molecule is CCN(CC)C(=O)CCCNC(=O)C(F)(F)C(O)C(Cc1ccccc1)NC(=O)Cn1c(-c2cccc(C)c2)ncc(NC(=O)OCc2ccccc2)c1=O. The molecular formula is C40H46F2N6O7. The standard InChI is InChI=1S/C40H46F2N6O7/c1-4-47(5-2)34(50)20-13-21-43-38(53)40(41,42)35(51)31(23-28-15-8-6-9-16-28)45-33(49)25-48-36(30-19-12-14-27(3)22-30)44-24-32(37(48)52)46-39(54)55-26-29-17-10-7-11-18-29/h6-12,14-19,22,24,31,35,51H,4-5,13,20-21,23,25-26H2,1-3H3,(H,43,53)(H,45,49)(H,46,54). The van der Waals surface area contributed by atoms with Crippen LogP contribution < -0.4 is 21.5 Å². The predicted molar refractivity (Wildman–Crippen MR) is 202 cm³/mol. The van der Waals surface area contributed by atoms with Crippen molar-refractivity contribution in [3.8, 4) is 11.4 Å². The maximum absolute atomic E-state index is 15.6. The number of amides is 4. The first-order chi connectivity index (χ1) is 26.3. The number of aryl methyl sites for hydroxylation is 1. The van der Waals surface area contributed by atoms with Crippen LogP contribution in [0, 0.1) is 6.92 Å². The molecule has 4 aromatic rings. The Morgan fingerprint density at radius 1 is 0.945 bits per heavy atom. The second-order valence-corrected chi connectivity index (χ2v) is 12.8. The van der Waals surface area contributed by atoms with E-state index < -0.39 is 48.1 Å². The zero-order valence-corrected chi connectivity index (χ0v) is 31.0. The predicted octanol–water partition coefficient (Wildman–Crippen LogP) is 4.46. The summed E-state index contributed by atoms with van der Waals surface area (Å²) >= 11 is 0. The first kappa shape index (κ1) is 41.8. The Kier molecular flexibility index (Phi) is 15.1. The largest absolute Gasteiger partial charge is 0.444 e. The van der Waals surface area contributed by atoms with E-state index >= 15 is 8.78 Å². The summed E-state index contributed by atoms with van der Waals surface area (Å²) in [5.41, 5.74) is 1.28. The van der Waals surface area contributed by atoms with E-state index in [2.05, 4.69) is 20.9 Å². The number of nitrogens with one attached hydrogen (secondary N) is 3. The molecule has 4 rings (SSSR count). The first-order valence-corrected chi connectivity index (χ1v) is 17.9. The number of carbonyl (C=O) groups excluding carboxylic acids is 4. The second kappa shape index (κ2) is 19.9. The normalized spacial score (nSPS) is 12.3. The quantitative estimate of drug-likeness (QED) is 0.108. The van der Waals surface area contributed by atoms with Crippen molar-refractivity contribution in [1.29, 1.82) is 0 Å². The van der Waals surface area contributed by atoms with Crippen molar-refractivity contribution in [2.24, 2.45) is 0 Å². The van der Waals surface area contributed by atoms with Gasteiger partial charge in [-0.05, 0) is 50.8 Å². The number of aliphatic hydroxyl groups is 1. The minimum atomic E-state index is -4.37. The monoisotopic (exact) mass is 760 g/mol. The number of nitrogens with zero attached hydrogens (tertiary/aromatic N) is 3. The van der Waals surface area contributed by atoms with E-state index in [1.54, 1.807) is 83.8 Å². The van der Waals surface area contributed by atoms with Gasteiger partial charge < -0.3 is 25.4 Å². The van der Waals surface area contributed by atoms with Crippen LogP contribution in [-0.2, 0) is 38.7 Å². The van der Waals surface area contributed by atoms with E-state index in [9.17, 15) is 29.1 Å². The highest BCUT2D eigenvalue weighted by Gasteiger charge is 2.50. The van der Waals surface area contributed by atoms with Crippen molar-refractivity contribution in [2.75, 3.05) is 25.0 Å². The maximum atomic E-state index is 15.6. The van der Waals surface area contributed by atoms with Crippen LogP contribution in [0.25, 0.3) is 11.4 Å². The van der Waals surface area contributed by atoms with E-state index in [0.29, 0.717) is 29.8 Å². The molecule has 0 spiro atoms. The van der Waals surface area contributed by atoms with E-state index in [0.717, 1.165) is 16.3 Å². The van der Waals surface area contributed by atoms with Gasteiger partial charge in [0, 0.05) is 31.6 Å². The summed E-state index contributed by atoms with van der Waals surface area (Å²) in [5, 5.41) is 17.9. The first-order valence-electron chi connectivity index (χ1n) is 17.9. The Balaban J connectivity index is 1.55. The van der Waals surface area contributed by atoms with Crippen LogP contribution in [-0.4, -0.2) is 81.1 Å². The van der Waals surface area contributed by atoms with Crippen molar-refractivity contribution < 1.29 is 37.8 Å². The van der Waals surface area contributed by atoms with Crippen LogP contribution in [0.3, 0.4) is 0 Å². The number of anilines is 1. The molecule has 292 valence electrons. The highest BCUT2D eigenvalue weighted by molar-refractivity contribution is 5.85. The van der Waals surface area contributed by atoms with Gasteiger partial charge in [-0.2, -0.15) is 8.78 Å². The number of alkyl halides is 2. The molecule has 13 nitrogen and oxygen atoms in total. The Morgan fingerprint density at radius 3 is 2.24 bits per heavy atom. The van der Waals surface area contributed by atoms with Gasteiger partial charge in [-0.15, -0.1) is 0 Å². The number of hydrogen-bond acceptors (Lipinski definition) is 8. The molecule has 0 saturated heterocycles. The Hall–Kier alpha value is -5.96. The third-order valence-electron chi connectivity index (χ3n) is 8.74. The summed E-state index contributed by atoms with van der Waals surface area (Å²) in [4.78, 5) is 71.1. The van der Waals surface area contributed by atoms with Gasteiger partial charge in [-0.25, -0.2) is 9.78 Å². The molecule has 0 saturated carbocycles. The summed E-state index contributed by atoms with van der Waals surface area (Å²) in [6, 6.07) is 22.3. The molecule has 2 atom stereocenters. The molecule has 0 aliphatic carbocycles. The highest BCUT2D eigenvalue weighted by Crippen LogP contribution is 2.24. The van der Waals surface area contributed by atoms with Gasteiger partial charge >= 0.3 is 12.0 Å². The summed E-state index contributed by atoms with van der Waals surface area (Å²) in [6.45, 7) is 5.34. The molecule has 4 amide bonds. The lowest BCUT2D eigenvalue weighted by Gasteiger charge is -2.30. The molecule has 0 fully saturated rings. The molecule has 0 bridgehead atoms. The van der Waals surface area contributed by atoms with Crippen LogP contribution in [0.5, 0.6) is 0 Å². The second-order valence-electron chi connectivity index (χ2n) is 12.8. The minimum Gasteiger partial charge on any atom is -0.444 e. The van der Waals surface area contributed by atoms with Crippen LogP contribution in [0.1, 0.15) is 43.4 Å². The van der Waals surface area contributed by atoms with E-state index in [1.807, 2.05) is 26.8 Å². The van der Waals surface area contributed by atoms with Crippen LogP contribution in [0.15, 0.2) is 95.9 Å². The van der Waals surface area contributed by atoms with Crippen molar-refractivity contribution >= 4 is 29.5 Å². The van der Waals surface area contributed by atoms with Gasteiger partial charge in [0.2, 0.25) is 11.8 Å². The average Bonchev–Trinajstić information content (AvgIpc) is 3.18. The molecule has 1 aromatic heterocycles.